The highest BCUT2D eigenvalue weighted by molar-refractivity contribution is 5.11. The average molecular weight is 224 g/mol. The van der Waals surface area contributed by atoms with Crippen LogP contribution in [-0.2, 0) is 13.1 Å². The highest BCUT2D eigenvalue weighted by Gasteiger charge is 2.02. The van der Waals surface area contributed by atoms with Gasteiger partial charge in [-0.3, -0.25) is 4.98 Å². The Balaban J connectivity index is 0.00000144. The fraction of sp³-hybridized carbons (Fsp3) is 0.583. The molecule has 2 heterocycles. The summed E-state index contributed by atoms with van der Waals surface area (Å²) in [7, 11) is 2.16. The van der Waals surface area contributed by atoms with Gasteiger partial charge in [0.2, 0.25) is 0 Å². The van der Waals surface area contributed by atoms with Gasteiger partial charge in [0.15, 0.2) is 0 Å². The third-order valence-corrected chi connectivity index (χ3v) is 2.82. The number of hydrogen-bond donors (Lipinski definition) is 2. The van der Waals surface area contributed by atoms with E-state index in [1.165, 1.54) is 0 Å². The van der Waals surface area contributed by atoms with Crippen LogP contribution in [0.3, 0.4) is 0 Å². The lowest BCUT2D eigenvalue weighted by Gasteiger charge is -2.18. The van der Waals surface area contributed by atoms with Crippen LogP contribution in [0.15, 0.2) is 18.2 Å². The summed E-state index contributed by atoms with van der Waals surface area (Å²) in [4.78, 5) is 6.92. The molecule has 1 aliphatic heterocycles. The molecule has 2 N–H and O–H groups in total. The van der Waals surface area contributed by atoms with Gasteiger partial charge in [0.05, 0.1) is 11.4 Å². The van der Waals surface area contributed by atoms with Crippen molar-refractivity contribution in [3.05, 3.63) is 29.6 Å². The highest BCUT2D eigenvalue weighted by atomic mass is 15.1. The van der Waals surface area contributed by atoms with Gasteiger partial charge in [-0.05, 0) is 19.2 Å². The van der Waals surface area contributed by atoms with E-state index in [2.05, 4.69) is 45.8 Å². The second-order valence-electron chi connectivity index (χ2n) is 4.28. The maximum atomic E-state index is 4.59. The number of aromatic nitrogens is 1. The molecule has 0 saturated heterocycles. The van der Waals surface area contributed by atoms with Gasteiger partial charge in [0.1, 0.15) is 0 Å². The van der Waals surface area contributed by atoms with Crippen LogP contribution in [-0.4, -0.2) is 43.1 Å². The van der Waals surface area contributed by atoms with Crippen LogP contribution in [0, 0.1) is 0 Å². The van der Waals surface area contributed by atoms with Crippen LogP contribution in [0.4, 0.5) is 0 Å². The standard InChI is InChI=1S/C12H20N4.2H2/c1-16-7-5-13-9-11-3-2-4-12(15-11)10-14-6-8-16;;/h2-4,13-14H,5-10H2,1H3;2*1H. The number of pyridine rings is 1. The lowest BCUT2D eigenvalue weighted by atomic mass is 10.3. The number of fused-ring (bicyclic) bond motifs is 2. The van der Waals surface area contributed by atoms with Crippen molar-refractivity contribution in [3.63, 3.8) is 0 Å². The summed E-state index contributed by atoms with van der Waals surface area (Å²) in [5.74, 6) is 0. The van der Waals surface area contributed by atoms with Crippen LogP contribution in [0.25, 0.3) is 0 Å². The molecule has 0 spiro atoms. The lowest BCUT2D eigenvalue weighted by Crippen LogP contribution is -2.34. The predicted octanol–water partition coefficient (Wildman–Crippen LogP) is 0.698. The number of hydrogen-bond acceptors (Lipinski definition) is 4. The van der Waals surface area contributed by atoms with E-state index in [1.54, 1.807) is 0 Å². The molecule has 0 fully saturated rings. The zero-order valence-corrected chi connectivity index (χ0v) is 9.87. The first kappa shape index (κ1) is 11.5. The molecular formula is C12H24N4. The Labute approximate surface area is 100 Å². The largest absolute Gasteiger partial charge is 0.310 e. The van der Waals surface area contributed by atoms with E-state index in [1.807, 2.05) is 0 Å². The van der Waals surface area contributed by atoms with Crippen LogP contribution in [0.2, 0.25) is 0 Å². The first-order valence-corrected chi connectivity index (χ1v) is 5.89. The molecule has 0 aromatic carbocycles. The van der Waals surface area contributed by atoms with Crippen LogP contribution < -0.4 is 10.6 Å². The number of nitrogens with zero attached hydrogens (tertiary/aromatic N) is 2. The zero-order chi connectivity index (χ0) is 11.2. The summed E-state index contributed by atoms with van der Waals surface area (Å²) >= 11 is 0. The minimum absolute atomic E-state index is 0. The summed E-state index contributed by atoms with van der Waals surface area (Å²) < 4.78 is 0. The quantitative estimate of drug-likeness (QED) is 0.680. The van der Waals surface area contributed by atoms with Crippen molar-refractivity contribution in [2.45, 2.75) is 13.1 Å². The Bertz CT molecular complexity index is 308. The summed E-state index contributed by atoms with van der Waals surface area (Å²) in [6, 6.07) is 6.23. The van der Waals surface area contributed by atoms with Crippen LogP contribution in [0.5, 0.6) is 0 Å². The van der Waals surface area contributed by atoms with Gasteiger partial charge in [-0.15, -0.1) is 0 Å². The summed E-state index contributed by atoms with van der Waals surface area (Å²) in [5.41, 5.74) is 2.25. The number of nitrogens with one attached hydrogen (secondary N) is 2. The van der Waals surface area contributed by atoms with Gasteiger partial charge in [0, 0.05) is 42.1 Å². The smallest absolute Gasteiger partial charge is 0.0545 e. The van der Waals surface area contributed by atoms with Crippen molar-refractivity contribution in [2.75, 3.05) is 33.2 Å². The monoisotopic (exact) mass is 224 g/mol. The molecule has 2 bridgehead atoms. The van der Waals surface area contributed by atoms with Crippen LogP contribution >= 0.6 is 0 Å². The highest BCUT2D eigenvalue weighted by Crippen LogP contribution is 1.99. The molecule has 0 atom stereocenters. The van der Waals surface area contributed by atoms with Crippen molar-refractivity contribution >= 4 is 0 Å². The molecule has 4 nitrogen and oxygen atoms in total. The van der Waals surface area contributed by atoms with Crippen molar-refractivity contribution in [2.24, 2.45) is 0 Å². The normalized spacial score (nSPS) is 19.8. The summed E-state index contributed by atoms with van der Waals surface area (Å²) in [6.45, 7) is 5.93. The molecule has 2 rings (SSSR count). The van der Waals surface area contributed by atoms with Gasteiger partial charge < -0.3 is 15.5 Å². The molecular weight excluding hydrogens is 200 g/mol. The molecule has 1 aliphatic rings. The Morgan fingerprint density at radius 1 is 1.12 bits per heavy atom. The molecule has 0 saturated carbocycles. The third kappa shape index (κ3) is 3.56. The summed E-state index contributed by atoms with van der Waals surface area (Å²) in [5, 5.41) is 6.84. The molecule has 92 valence electrons. The van der Waals surface area contributed by atoms with Crippen molar-refractivity contribution < 1.29 is 2.85 Å². The topological polar surface area (TPSA) is 40.2 Å². The Morgan fingerprint density at radius 3 is 2.25 bits per heavy atom. The molecule has 0 aliphatic carbocycles. The second kappa shape index (κ2) is 5.94. The van der Waals surface area contributed by atoms with E-state index in [0.29, 0.717) is 0 Å². The van der Waals surface area contributed by atoms with Crippen molar-refractivity contribution in [3.8, 4) is 0 Å². The van der Waals surface area contributed by atoms with Gasteiger partial charge >= 0.3 is 0 Å². The predicted molar refractivity (Wildman–Crippen MR) is 69.4 cm³/mol. The zero-order valence-electron chi connectivity index (χ0n) is 9.87. The van der Waals surface area contributed by atoms with Crippen molar-refractivity contribution in [1.29, 1.82) is 0 Å². The lowest BCUT2D eigenvalue weighted by molar-refractivity contribution is 0.327. The third-order valence-electron chi connectivity index (χ3n) is 2.82. The van der Waals surface area contributed by atoms with E-state index in [0.717, 1.165) is 50.7 Å². The first-order chi connectivity index (χ1) is 7.84. The minimum atomic E-state index is 0. The molecule has 4 heteroatoms. The van der Waals surface area contributed by atoms with E-state index < -0.39 is 0 Å². The van der Waals surface area contributed by atoms with E-state index in [9.17, 15) is 0 Å². The Kier molecular flexibility index (Phi) is 4.27. The maximum absolute atomic E-state index is 4.59. The summed E-state index contributed by atoms with van der Waals surface area (Å²) in [6.07, 6.45) is 0. The fourth-order valence-corrected chi connectivity index (χ4v) is 1.81. The Morgan fingerprint density at radius 2 is 1.69 bits per heavy atom. The van der Waals surface area contributed by atoms with Crippen molar-refractivity contribution in [1.82, 2.24) is 20.5 Å². The SMILES string of the molecule is CN1CCNCc2cccc(n2)CNCC1.[HH].[HH]. The van der Waals surface area contributed by atoms with E-state index >= 15 is 0 Å². The molecule has 16 heavy (non-hydrogen) atoms. The molecule has 0 amide bonds. The van der Waals surface area contributed by atoms with Gasteiger partial charge in [-0.25, -0.2) is 0 Å². The Hall–Kier alpha value is -0.970. The number of likely N-dealkylation sites (N-methyl/N-ethyl adjacent to an activating group) is 1. The molecule has 1 aromatic heterocycles. The van der Waals surface area contributed by atoms with Gasteiger partial charge in [-0.2, -0.15) is 0 Å². The average Bonchev–Trinajstić information content (AvgIpc) is 2.30. The first-order valence-electron chi connectivity index (χ1n) is 5.89. The fourth-order valence-electron chi connectivity index (χ4n) is 1.81. The molecule has 1 aromatic rings. The maximum Gasteiger partial charge on any atom is 0.0545 e. The van der Waals surface area contributed by atoms with Crippen LogP contribution in [0.1, 0.15) is 14.2 Å². The van der Waals surface area contributed by atoms with E-state index in [4.69, 9.17) is 0 Å². The van der Waals surface area contributed by atoms with Gasteiger partial charge in [-0.1, -0.05) is 6.07 Å². The second-order valence-corrected chi connectivity index (χ2v) is 4.28. The van der Waals surface area contributed by atoms with Gasteiger partial charge in [0.25, 0.3) is 0 Å². The van der Waals surface area contributed by atoms with E-state index in [-0.39, 0.29) is 2.85 Å². The molecule has 0 unspecified atom stereocenters. The number of rotatable bonds is 0. The molecule has 0 radical (unpaired) electrons. The minimum Gasteiger partial charge on any atom is -0.310 e.